The van der Waals surface area contributed by atoms with Gasteiger partial charge in [-0.05, 0) is 85.7 Å². The highest BCUT2D eigenvalue weighted by Gasteiger charge is 2.38. The van der Waals surface area contributed by atoms with Crippen LogP contribution in [0.4, 0.5) is 22.0 Å². The number of carboxylic acids is 1. The number of carbonyl (C=O) groups is 2. The summed E-state index contributed by atoms with van der Waals surface area (Å²) in [6.45, 7) is 4.58. The first kappa shape index (κ1) is 39.4. The van der Waals surface area contributed by atoms with E-state index in [2.05, 4.69) is 9.88 Å². The number of fused-ring (bicyclic) bond motifs is 1. The van der Waals surface area contributed by atoms with E-state index < -0.39 is 40.4 Å². The smallest absolute Gasteiger partial charge is 0.416 e. The number of rotatable bonds is 13. The molecule has 1 aliphatic rings. The first-order valence-electron chi connectivity index (χ1n) is 18.0. The van der Waals surface area contributed by atoms with Gasteiger partial charge in [-0.15, -0.1) is 0 Å². The molecule has 6 rings (SSSR count). The van der Waals surface area contributed by atoms with Crippen molar-refractivity contribution in [1.29, 1.82) is 0 Å². The zero-order chi connectivity index (χ0) is 39.5. The summed E-state index contributed by atoms with van der Waals surface area (Å²) in [5.74, 6) is -2.24. The van der Waals surface area contributed by atoms with Crippen LogP contribution in [0.3, 0.4) is 0 Å². The summed E-state index contributed by atoms with van der Waals surface area (Å²) in [6, 6.07) is 22.4. The topological polar surface area (TPSA) is 95.7 Å². The second kappa shape index (κ2) is 16.2. The van der Waals surface area contributed by atoms with Crippen LogP contribution in [0, 0.1) is 11.6 Å². The van der Waals surface area contributed by atoms with Crippen LogP contribution in [0.1, 0.15) is 49.2 Å². The van der Waals surface area contributed by atoms with Crippen molar-refractivity contribution in [3.8, 4) is 11.1 Å². The molecule has 5 aromatic rings. The first-order valence-corrected chi connectivity index (χ1v) is 18.0. The molecule has 2 heterocycles. The molecule has 0 spiro atoms. The number of hydrogen-bond donors (Lipinski definition) is 1. The van der Waals surface area contributed by atoms with Crippen LogP contribution in [0.15, 0.2) is 95.8 Å². The number of carbonyl (C=O) groups excluding carboxylic acids is 1. The number of carboxylic acid groups (broad SMARTS) is 1. The van der Waals surface area contributed by atoms with Crippen molar-refractivity contribution < 1.29 is 36.6 Å². The summed E-state index contributed by atoms with van der Waals surface area (Å²) in [7, 11) is 0. The third-order valence-electron chi connectivity index (χ3n) is 10.5. The van der Waals surface area contributed by atoms with Gasteiger partial charge in [0, 0.05) is 38.2 Å². The number of aliphatic carboxylic acids is 1. The molecule has 288 valence electrons. The van der Waals surface area contributed by atoms with Crippen molar-refractivity contribution in [2.45, 2.75) is 70.4 Å². The minimum absolute atomic E-state index is 0.0140. The Balaban J connectivity index is 1.25. The molecule has 0 radical (unpaired) electrons. The number of aryl methyl sites for hydroxylation is 2. The molecule has 1 N–H and O–H groups in total. The van der Waals surface area contributed by atoms with E-state index in [0.29, 0.717) is 48.9 Å². The van der Waals surface area contributed by atoms with Gasteiger partial charge in [0.05, 0.1) is 29.6 Å². The molecule has 1 fully saturated rings. The van der Waals surface area contributed by atoms with Crippen molar-refractivity contribution in [2.75, 3.05) is 19.6 Å². The zero-order valence-corrected chi connectivity index (χ0v) is 30.5. The Labute approximate surface area is 314 Å². The largest absolute Gasteiger partial charge is 0.480 e. The number of ketones is 1. The molecular formula is C42H41F5N4O4. The monoisotopic (exact) mass is 760 g/mol. The number of piperidine rings is 1. The van der Waals surface area contributed by atoms with Crippen molar-refractivity contribution in [3.63, 3.8) is 0 Å². The average Bonchev–Trinajstić information content (AvgIpc) is 3.15. The summed E-state index contributed by atoms with van der Waals surface area (Å²) in [4.78, 5) is 47.4. The number of aromatic nitrogens is 2. The fourth-order valence-electron chi connectivity index (χ4n) is 7.19. The Bertz CT molecular complexity index is 2230. The lowest BCUT2D eigenvalue weighted by Crippen LogP contribution is -2.56. The van der Waals surface area contributed by atoms with Crippen LogP contribution >= 0.6 is 0 Å². The van der Waals surface area contributed by atoms with Gasteiger partial charge in [0.2, 0.25) is 0 Å². The van der Waals surface area contributed by atoms with Gasteiger partial charge in [-0.25, -0.2) is 8.78 Å². The third-order valence-corrected chi connectivity index (χ3v) is 10.5. The van der Waals surface area contributed by atoms with Gasteiger partial charge in [0.1, 0.15) is 23.0 Å². The molecule has 0 saturated carbocycles. The molecule has 1 aliphatic heterocycles. The quantitative estimate of drug-likeness (QED) is 0.124. The highest BCUT2D eigenvalue weighted by molar-refractivity contribution is 5.84. The fraction of sp³-hybridized carbons (Fsp3) is 0.333. The van der Waals surface area contributed by atoms with E-state index in [1.54, 1.807) is 42.7 Å². The molecule has 0 aliphatic carbocycles. The van der Waals surface area contributed by atoms with E-state index >= 15 is 0 Å². The molecule has 0 amide bonds. The van der Waals surface area contributed by atoms with E-state index in [9.17, 15) is 41.4 Å². The van der Waals surface area contributed by atoms with Gasteiger partial charge in [0.25, 0.3) is 5.56 Å². The molecule has 0 atom stereocenters. The summed E-state index contributed by atoms with van der Waals surface area (Å²) in [5, 5.41) is 10.1. The first-order chi connectivity index (χ1) is 26.1. The number of alkyl halides is 3. The van der Waals surface area contributed by atoms with Gasteiger partial charge < -0.3 is 9.67 Å². The highest BCUT2D eigenvalue weighted by atomic mass is 19.4. The van der Waals surface area contributed by atoms with Gasteiger partial charge >= 0.3 is 12.1 Å². The number of nitrogens with zero attached hydrogens (tertiary/aromatic N) is 4. The number of halogens is 5. The maximum absolute atomic E-state index is 14.5. The lowest BCUT2D eigenvalue weighted by Gasteiger charge is -2.43. The van der Waals surface area contributed by atoms with Crippen molar-refractivity contribution in [1.82, 2.24) is 19.4 Å². The lowest BCUT2D eigenvalue weighted by molar-refractivity contribution is -0.150. The van der Waals surface area contributed by atoms with Crippen molar-refractivity contribution in [3.05, 3.63) is 135 Å². The third kappa shape index (κ3) is 9.17. The summed E-state index contributed by atoms with van der Waals surface area (Å²) >= 11 is 0. The van der Waals surface area contributed by atoms with Gasteiger partial charge in [-0.2, -0.15) is 18.2 Å². The van der Waals surface area contributed by atoms with Crippen LogP contribution in [-0.2, 0) is 41.7 Å². The predicted molar refractivity (Wildman–Crippen MR) is 198 cm³/mol. The standard InChI is InChI=1S/C42H41F5N4O4/c1-41(2,40(54)55)50-21-19-33(20-22-50)49(24-27-7-9-28(10-8-27)29-11-15-31(16-12-29)42(45,46)47)25-34(52)26-51-37-6-4-3-5-35(37)39(53)48-38(51)18-14-30-13-17-32(43)23-36(30)44/h3-13,15-17,23,33H,14,18-22,24-26H2,1-2H3,(H,54,55). The molecule has 4 aromatic carbocycles. The van der Waals surface area contributed by atoms with E-state index in [0.717, 1.165) is 35.4 Å². The Morgan fingerprint density at radius 2 is 1.51 bits per heavy atom. The van der Waals surface area contributed by atoms with E-state index in [4.69, 9.17) is 0 Å². The van der Waals surface area contributed by atoms with Gasteiger partial charge in [0.15, 0.2) is 5.78 Å². The lowest BCUT2D eigenvalue weighted by atomic mass is 9.95. The average molecular weight is 761 g/mol. The molecule has 1 saturated heterocycles. The minimum atomic E-state index is -4.44. The molecule has 55 heavy (non-hydrogen) atoms. The molecule has 0 bridgehead atoms. The Kier molecular flexibility index (Phi) is 11.6. The van der Waals surface area contributed by atoms with E-state index in [-0.39, 0.29) is 49.1 Å². The van der Waals surface area contributed by atoms with Gasteiger partial charge in [-0.3, -0.25) is 24.2 Å². The summed E-state index contributed by atoms with van der Waals surface area (Å²) in [6.07, 6.45) is -3.00. The number of benzene rings is 4. The van der Waals surface area contributed by atoms with Crippen LogP contribution in [0.5, 0.6) is 0 Å². The van der Waals surface area contributed by atoms with E-state index in [1.807, 2.05) is 29.2 Å². The maximum Gasteiger partial charge on any atom is 0.416 e. The maximum atomic E-state index is 14.5. The molecular weight excluding hydrogens is 719 g/mol. The van der Waals surface area contributed by atoms with Crippen LogP contribution in [0.25, 0.3) is 22.0 Å². The molecule has 13 heteroatoms. The SMILES string of the molecule is CC(C)(C(=O)O)N1CCC(N(CC(=O)Cn2c(CCc3ccc(F)cc3F)nc(=O)c3ccccc32)Cc2ccc(-c3ccc(C(F)(F)F)cc3)cc2)CC1. The summed E-state index contributed by atoms with van der Waals surface area (Å²) in [5.41, 5.74) is 0.696. The highest BCUT2D eigenvalue weighted by Crippen LogP contribution is 2.31. The van der Waals surface area contributed by atoms with Crippen molar-refractivity contribution >= 4 is 22.7 Å². The Morgan fingerprint density at radius 1 is 0.873 bits per heavy atom. The van der Waals surface area contributed by atoms with Gasteiger partial charge in [-0.1, -0.05) is 54.6 Å². The second-order valence-electron chi connectivity index (χ2n) is 14.5. The molecule has 8 nitrogen and oxygen atoms in total. The van der Waals surface area contributed by atoms with Crippen LogP contribution in [-0.4, -0.2) is 67.4 Å². The molecule has 0 unspecified atom stereocenters. The minimum Gasteiger partial charge on any atom is -0.480 e. The molecule has 1 aromatic heterocycles. The second-order valence-corrected chi connectivity index (χ2v) is 14.5. The normalized spacial score (nSPS) is 14.5. The fourth-order valence-corrected chi connectivity index (χ4v) is 7.19. The van der Waals surface area contributed by atoms with Crippen LogP contribution < -0.4 is 5.56 Å². The predicted octanol–water partition coefficient (Wildman–Crippen LogP) is 7.54. The summed E-state index contributed by atoms with van der Waals surface area (Å²) < 4.78 is 69.1. The Morgan fingerprint density at radius 3 is 2.13 bits per heavy atom. The van der Waals surface area contributed by atoms with E-state index in [1.165, 1.54) is 18.2 Å². The Hall–Kier alpha value is -5.27. The number of likely N-dealkylation sites (tertiary alicyclic amines) is 1. The number of hydrogen-bond acceptors (Lipinski definition) is 6. The number of Topliss-reactive ketones (excluding diaryl/α,β-unsaturated/α-hetero) is 1. The zero-order valence-electron chi connectivity index (χ0n) is 30.5. The number of para-hydroxylation sites is 1. The van der Waals surface area contributed by atoms with Crippen molar-refractivity contribution in [2.24, 2.45) is 0 Å². The van der Waals surface area contributed by atoms with Crippen LogP contribution in [0.2, 0.25) is 0 Å².